The first-order chi connectivity index (χ1) is 24.2. The highest BCUT2D eigenvalue weighted by atomic mass is 16.3. The van der Waals surface area contributed by atoms with Crippen molar-refractivity contribution in [3.05, 3.63) is 52.4 Å². The maximum absolute atomic E-state index is 10.7. The summed E-state index contributed by atoms with van der Waals surface area (Å²) in [5.41, 5.74) is 2.36. The summed E-state index contributed by atoms with van der Waals surface area (Å²) >= 11 is 0. The van der Waals surface area contributed by atoms with Crippen molar-refractivity contribution in [3.8, 4) is 24.0 Å². The van der Waals surface area contributed by atoms with E-state index in [1.54, 1.807) is 22.9 Å². The van der Waals surface area contributed by atoms with Crippen LogP contribution in [0.4, 0.5) is 28.7 Å². The lowest BCUT2D eigenvalue weighted by Gasteiger charge is -2.15. The molecule has 0 saturated carbocycles. The lowest BCUT2D eigenvalue weighted by molar-refractivity contribution is 0.423. The van der Waals surface area contributed by atoms with Crippen molar-refractivity contribution >= 4 is 40.0 Å². The van der Waals surface area contributed by atoms with E-state index in [9.17, 15) is 10.4 Å². The summed E-state index contributed by atoms with van der Waals surface area (Å²) in [5.74, 6) is 0.709. The Morgan fingerprint density at radius 2 is 1.25 bits per heavy atom. The second-order valence-corrected chi connectivity index (χ2v) is 13.4. The molecule has 256 valence electrons. The minimum Gasteiger partial charge on any atom is -0.479 e. The normalized spacial score (nSPS) is 12.6. The summed E-state index contributed by atoms with van der Waals surface area (Å²) in [6.07, 6.45) is 2.52. The summed E-state index contributed by atoms with van der Waals surface area (Å²) in [6.45, 7) is 23.2. The number of aryl methyl sites for hydroxylation is 2. The van der Waals surface area contributed by atoms with Gasteiger partial charge in [-0.05, 0) is 13.8 Å². The number of aromatic nitrogens is 15. The van der Waals surface area contributed by atoms with Crippen molar-refractivity contribution < 1.29 is 5.11 Å². The lowest BCUT2D eigenvalue weighted by atomic mass is 9.91. The first-order valence-electron chi connectivity index (χ1n) is 15.3. The average Bonchev–Trinajstić information content (AvgIpc) is 3.90. The molecule has 0 aromatic carbocycles. The van der Waals surface area contributed by atoms with Crippen LogP contribution in [-0.4, -0.2) is 79.2 Å². The predicted octanol–water partition coefficient (Wildman–Crippen LogP) is 5.16. The molecule has 7 rings (SSSR count). The number of nitrogens with zero attached hydrogens (tertiary/aromatic N) is 19. The molecule has 0 aliphatic rings. The summed E-state index contributed by atoms with van der Waals surface area (Å²) < 4.78 is 5.48. The van der Waals surface area contributed by atoms with E-state index in [4.69, 9.17) is 6.57 Å². The van der Waals surface area contributed by atoms with E-state index < -0.39 is 16.8 Å². The maximum Gasteiger partial charge on any atom is 0.320 e. The van der Waals surface area contributed by atoms with E-state index in [-0.39, 0.29) is 34.8 Å². The molecule has 0 fully saturated rings. The Bertz CT molecular complexity index is 2450. The minimum absolute atomic E-state index is 0.0262. The quantitative estimate of drug-likeness (QED) is 0.152. The third-order valence-corrected chi connectivity index (χ3v) is 7.58. The van der Waals surface area contributed by atoms with Crippen LogP contribution >= 0.6 is 0 Å². The molecule has 22 nitrogen and oxygen atoms in total. The molecule has 7 aromatic heterocycles. The van der Waals surface area contributed by atoms with Crippen molar-refractivity contribution in [2.75, 3.05) is 0 Å². The summed E-state index contributed by atoms with van der Waals surface area (Å²) in [7, 11) is 0. The van der Waals surface area contributed by atoms with E-state index in [2.05, 4.69) is 81.0 Å². The fourth-order valence-corrected chi connectivity index (χ4v) is 5.09. The Labute approximate surface area is 287 Å². The minimum atomic E-state index is -0.711. The van der Waals surface area contributed by atoms with Gasteiger partial charge in [-0.2, -0.15) is 69.2 Å². The second kappa shape index (κ2) is 11.4. The molecule has 22 heteroatoms. The zero-order chi connectivity index (χ0) is 36.4. The number of aromatic hydroxyl groups is 1. The fourth-order valence-electron chi connectivity index (χ4n) is 5.09. The molecule has 0 atom stereocenters. The van der Waals surface area contributed by atoms with Crippen LogP contribution in [0.3, 0.4) is 0 Å². The number of aromatic amines is 2. The van der Waals surface area contributed by atoms with Crippen molar-refractivity contribution in [2.24, 2.45) is 20.5 Å². The van der Waals surface area contributed by atoms with Crippen LogP contribution in [0.25, 0.3) is 28.0 Å². The van der Waals surface area contributed by atoms with Crippen LogP contribution in [0.2, 0.25) is 0 Å². The van der Waals surface area contributed by atoms with Crippen LogP contribution in [0.1, 0.15) is 70.1 Å². The third-order valence-electron chi connectivity index (χ3n) is 7.58. The van der Waals surface area contributed by atoms with E-state index in [1.165, 1.54) is 12.4 Å². The number of hydrogen-bond donors (Lipinski definition) is 3. The average molecular weight is 688 g/mol. The van der Waals surface area contributed by atoms with Gasteiger partial charge in [-0.1, -0.05) is 41.5 Å². The molecule has 0 saturated heterocycles. The molecule has 7 heterocycles. The van der Waals surface area contributed by atoms with Crippen molar-refractivity contribution in [3.63, 3.8) is 0 Å². The van der Waals surface area contributed by atoms with E-state index >= 15 is 0 Å². The van der Waals surface area contributed by atoms with Gasteiger partial charge in [0.1, 0.15) is 23.3 Å². The largest absolute Gasteiger partial charge is 0.479 e. The molecule has 0 amide bonds. The van der Waals surface area contributed by atoms with E-state index in [0.29, 0.717) is 45.7 Å². The zero-order valence-electron chi connectivity index (χ0n) is 28.6. The molecule has 0 aliphatic carbocycles. The molecule has 0 radical (unpaired) electrons. The monoisotopic (exact) mass is 687 g/mol. The van der Waals surface area contributed by atoms with Crippen LogP contribution in [0.15, 0.2) is 32.9 Å². The van der Waals surface area contributed by atoms with Gasteiger partial charge in [0.05, 0.1) is 30.4 Å². The Kier molecular flexibility index (Phi) is 7.25. The van der Waals surface area contributed by atoms with Crippen LogP contribution < -0.4 is 0 Å². The molecule has 0 aliphatic heterocycles. The SMILES string of the molecule is [C-]#[N+]c1cnn(-c2nc(O)nc(-n3ncc(C#N)c3/N=N/c3c(C(C)(C)C)nn4c(C)n[nH]c34)n2)c1/N=N/c1c(C(C)(C)C)nn2c(C)n[nH]c12. The molecule has 0 unspecified atom stereocenters. The molecule has 7 aromatic rings. The fraction of sp³-hybridized carbons (Fsp3) is 0.345. The smallest absolute Gasteiger partial charge is 0.320 e. The van der Waals surface area contributed by atoms with E-state index in [1.807, 2.05) is 47.6 Å². The lowest BCUT2D eigenvalue weighted by Crippen LogP contribution is -2.12. The van der Waals surface area contributed by atoms with Gasteiger partial charge < -0.3 is 5.11 Å². The number of nitrogens with one attached hydrogen (secondary N) is 2. The predicted molar refractivity (Wildman–Crippen MR) is 177 cm³/mol. The van der Waals surface area contributed by atoms with Crippen LogP contribution in [0, 0.1) is 31.8 Å². The first-order valence-corrected chi connectivity index (χ1v) is 15.3. The molecular weight excluding hydrogens is 658 g/mol. The summed E-state index contributed by atoms with van der Waals surface area (Å²) in [5, 5.41) is 70.4. The van der Waals surface area contributed by atoms with Crippen LogP contribution in [-0.2, 0) is 10.8 Å². The highest BCUT2D eigenvalue weighted by Crippen LogP contribution is 2.38. The second-order valence-electron chi connectivity index (χ2n) is 13.4. The Morgan fingerprint density at radius 1 is 0.765 bits per heavy atom. The highest BCUT2D eigenvalue weighted by Gasteiger charge is 2.29. The number of azo groups is 2. The van der Waals surface area contributed by atoms with Crippen molar-refractivity contribution in [1.29, 1.82) is 5.26 Å². The van der Waals surface area contributed by atoms with Gasteiger partial charge in [-0.3, -0.25) is 10.2 Å². The maximum atomic E-state index is 10.7. The molecular formula is C29H29N21O. The van der Waals surface area contributed by atoms with Gasteiger partial charge in [0.25, 0.3) is 17.6 Å². The molecule has 3 N–H and O–H groups in total. The highest BCUT2D eigenvalue weighted by molar-refractivity contribution is 5.70. The number of H-pyrrole nitrogens is 2. The Hall–Kier alpha value is -7.23. The molecule has 0 spiro atoms. The number of nitriles is 1. The van der Waals surface area contributed by atoms with Gasteiger partial charge in [0, 0.05) is 10.8 Å². The zero-order valence-corrected chi connectivity index (χ0v) is 28.6. The Morgan fingerprint density at radius 3 is 1.75 bits per heavy atom. The third kappa shape index (κ3) is 5.40. The van der Waals surface area contributed by atoms with Crippen LogP contribution in [0.5, 0.6) is 6.01 Å². The van der Waals surface area contributed by atoms with Crippen molar-refractivity contribution in [2.45, 2.75) is 66.2 Å². The summed E-state index contributed by atoms with van der Waals surface area (Å²) in [6, 6.07) is 1.33. The number of hydrogen-bond acceptors (Lipinski definition) is 15. The Balaban J connectivity index is 1.32. The topological polar surface area (TPSA) is 264 Å². The van der Waals surface area contributed by atoms with Gasteiger partial charge in [-0.15, -0.1) is 20.5 Å². The van der Waals surface area contributed by atoms with E-state index in [0.717, 1.165) is 9.36 Å². The first kappa shape index (κ1) is 32.3. The molecule has 0 bridgehead atoms. The van der Waals surface area contributed by atoms with Gasteiger partial charge in [0.15, 0.2) is 34.3 Å². The number of fused-ring (bicyclic) bond motifs is 2. The number of rotatable bonds is 6. The van der Waals surface area contributed by atoms with Crippen molar-refractivity contribution in [1.82, 2.24) is 74.1 Å². The van der Waals surface area contributed by atoms with Gasteiger partial charge >= 0.3 is 6.01 Å². The van der Waals surface area contributed by atoms with Gasteiger partial charge in [-0.25, -0.2) is 4.85 Å². The van der Waals surface area contributed by atoms with Gasteiger partial charge in [0.2, 0.25) is 0 Å². The standard InChI is InChI=1S/C29H29N21O/c1-13-37-43-23-17(19(28(3,4)5)45-47(13)23)39-41-21-15(10-30)11-32-49(21)25-34-26(36-27(51)35-25)50-22(16(31-9)12-33-50)42-40-18-20(29(6,7)8)46-48-14(2)38-44-24(18)48/h11-12,43-44H,1-8H3,(H,34,35,36,51)/b41-39+,42-40+. The summed E-state index contributed by atoms with van der Waals surface area (Å²) in [4.78, 5) is 16.0. The molecule has 51 heavy (non-hydrogen) atoms.